The predicted octanol–water partition coefficient (Wildman–Crippen LogP) is 6.83. The van der Waals surface area contributed by atoms with E-state index in [0.29, 0.717) is 18.2 Å². The van der Waals surface area contributed by atoms with Crippen molar-refractivity contribution in [1.29, 1.82) is 0 Å². The fraction of sp³-hybridized carbons (Fsp3) is 0.321. The molecule has 1 aliphatic rings. The standard InChI is InChI=1S/C28H28Cl2F3N3O5S/c1-40-26-15-18(27(37)34-11-14-36-12-3-2-4-13-36)5-9-25(26)41-24-10-6-19(29)16-23(24)35-42(38,39)20-7-8-22(30)21(17-20)28(31,32)33/h5-10,15-17,35H,2-4,11-14H2,1H3,(H,34,37). The van der Waals surface area contributed by atoms with E-state index in [2.05, 4.69) is 14.9 Å². The molecule has 0 bridgehead atoms. The van der Waals surface area contributed by atoms with Gasteiger partial charge in [-0.25, -0.2) is 8.42 Å². The van der Waals surface area contributed by atoms with Gasteiger partial charge in [0.1, 0.15) is 0 Å². The van der Waals surface area contributed by atoms with E-state index in [-0.39, 0.29) is 33.9 Å². The molecule has 1 heterocycles. The third kappa shape index (κ3) is 8.00. The minimum atomic E-state index is -4.86. The summed E-state index contributed by atoms with van der Waals surface area (Å²) in [5.74, 6) is 0.0222. The van der Waals surface area contributed by atoms with Crippen LogP contribution in [0.1, 0.15) is 35.2 Å². The Bertz CT molecular complexity index is 1550. The molecule has 42 heavy (non-hydrogen) atoms. The van der Waals surface area contributed by atoms with E-state index >= 15 is 0 Å². The van der Waals surface area contributed by atoms with E-state index in [1.165, 1.54) is 49.9 Å². The monoisotopic (exact) mass is 645 g/mol. The van der Waals surface area contributed by atoms with E-state index in [9.17, 15) is 26.4 Å². The van der Waals surface area contributed by atoms with Gasteiger partial charge in [-0.05, 0) is 80.5 Å². The van der Waals surface area contributed by atoms with Crippen LogP contribution in [0.5, 0.6) is 17.2 Å². The van der Waals surface area contributed by atoms with Crippen molar-refractivity contribution in [2.75, 3.05) is 38.0 Å². The second-order valence-corrected chi connectivity index (χ2v) is 12.0. The minimum Gasteiger partial charge on any atom is -0.493 e. The molecule has 8 nitrogen and oxygen atoms in total. The van der Waals surface area contributed by atoms with Crippen molar-refractivity contribution < 1.29 is 35.9 Å². The number of carbonyl (C=O) groups is 1. The smallest absolute Gasteiger partial charge is 0.417 e. The molecular formula is C28H28Cl2F3N3O5S. The number of sulfonamides is 1. The number of halogens is 5. The van der Waals surface area contributed by atoms with Gasteiger partial charge in [-0.15, -0.1) is 0 Å². The van der Waals surface area contributed by atoms with Crippen LogP contribution in [0, 0.1) is 0 Å². The Morgan fingerprint density at radius 2 is 1.67 bits per heavy atom. The quantitative estimate of drug-likeness (QED) is 0.251. The maximum absolute atomic E-state index is 13.3. The average Bonchev–Trinajstić information content (AvgIpc) is 2.94. The third-order valence-electron chi connectivity index (χ3n) is 6.55. The topological polar surface area (TPSA) is 97.0 Å². The lowest BCUT2D eigenvalue weighted by molar-refractivity contribution is -0.137. The fourth-order valence-electron chi connectivity index (χ4n) is 4.39. The van der Waals surface area contributed by atoms with Gasteiger partial charge in [-0.3, -0.25) is 9.52 Å². The van der Waals surface area contributed by atoms with Crippen LogP contribution >= 0.6 is 23.2 Å². The van der Waals surface area contributed by atoms with Crippen molar-refractivity contribution in [1.82, 2.24) is 10.2 Å². The third-order valence-corrected chi connectivity index (χ3v) is 8.48. The van der Waals surface area contributed by atoms with Crippen LogP contribution in [0.4, 0.5) is 18.9 Å². The summed E-state index contributed by atoms with van der Waals surface area (Å²) in [4.78, 5) is 14.4. The number of carbonyl (C=O) groups excluding carboxylic acids is 1. The van der Waals surface area contributed by atoms with Gasteiger partial charge in [-0.2, -0.15) is 13.2 Å². The highest BCUT2D eigenvalue weighted by molar-refractivity contribution is 7.92. The molecule has 0 radical (unpaired) electrons. The van der Waals surface area contributed by atoms with Gasteiger partial charge >= 0.3 is 6.18 Å². The number of ether oxygens (including phenoxy) is 2. The molecule has 0 unspecified atom stereocenters. The van der Waals surface area contributed by atoms with Gasteiger partial charge in [0, 0.05) is 23.7 Å². The van der Waals surface area contributed by atoms with Crippen LogP contribution in [0.25, 0.3) is 0 Å². The largest absolute Gasteiger partial charge is 0.493 e. The van der Waals surface area contributed by atoms with Crippen LogP contribution in [-0.4, -0.2) is 52.5 Å². The summed E-state index contributed by atoms with van der Waals surface area (Å²) >= 11 is 11.7. The van der Waals surface area contributed by atoms with Gasteiger partial charge in [0.25, 0.3) is 15.9 Å². The zero-order valence-corrected chi connectivity index (χ0v) is 24.8. The highest BCUT2D eigenvalue weighted by Crippen LogP contribution is 2.39. The molecule has 1 amide bonds. The molecule has 2 N–H and O–H groups in total. The molecule has 3 aromatic carbocycles. The number of nitrogens with one attached hydrogen (secondary N) is 2. The van der Waals surface area contributed by atoms with Crippen LogP contribution < -0.4 is 19.5 Å². The molecule has 0 spiro atoms. The molecule has 1 aliphatic heterocycles. The first kappa shape index (κ1) is 31.7. The normalized spacial score (nSPS) is 14.3. The lowest BCUT2D eigenvalue weighted by Gasteiger charge is -2.26. The number of methoxy groups -OCH3 is 1. The molecule has 14 heteroatoms. The van der Waals surface area contributed by atoms with Gasteiger partial charge in [0.05, 0.1) is 28.3 Å². The Morgan fingerprint density at radius 3 is 2.36 bits per heavy atom. The van der Waals surface area contributed by atoms with Crippen molar-refractivity contribution >= 4 is 44.8 Å². The number of benzene rings is 3. The first-order valence-corrected chi connectivity index (χ1v) is 15.2. The molecule has 1 fully saturated rings. The van der Waals surface area contributed by atoms with Crippen LogP contribution in [0.2, 0.25) is 10.0 Å². The first-order valence-electron chi connectivity index (χ1n) is 12.9. The Morgan fingerprint density at radius 1 is 0.952 bits per heavy atom. The summed E-state index contributed by atoms with van der Waals surface area (Å²) in [7, 11) is -3.15. The van der Waals surface area contributed by atoms with Gasteiger partial charge in [-0.1, -0.05) is 29.6 Å². The summed E-state index contributed by atoms with van der Waals surface area (Å²) in [6.07, 6.45) is -1.32. The number of piperidine rings is 1. The molecule has 226 valence electrons. The molecule has 0 atom stereocenters. The number of anilines is 1. The van der Waals surface area contributed by atoms with Crippen molar-refractivity contribution in [2.24, 2.45) is 0 Å². The molecule has 0 saturated carbocycles. The van der Waals surface area contributed by atoms with Crippen molar-refractivity contribution in [3.8, 4) is 17.2 Å². The second-order valence-electron chi connectivity index (χ2n) is 9.51. The summed E-state index contributed by atoms with van der Waals surface area (Å²) in [6.45, 7) is 3.29. The fourth-order valence-corrected chi connectivity index (χ4v) is 5.87. The van der Waals surface area contributed by atoms with Crippen LogP contribution in [-0.2, 0) is 16.2 Å². The van der Waals surface area contributed by atoms with Crippen LogP contribution in [0.15, 0.2) is 59.5 Å². The summed E-state index contributed by atoms with van der Waals surface area (Å²) in [6, 6.07) is 10.8. The average molecular weight is 647 g/mol. The lowest BCUT2D eigenvalue weighted by atomic mass is 10.1. The minimum absolute atomic E-state index is 0.0231. The zero-order chi connectivity index (χ0) is 30.5. The van der Waals surface area contributed by atoms with Gasteiger partial charge in [0.15, 0.2) is 17.2 Å². The number of likely N-dealkylation sites (tertiary alicyclic amines) is 1. The molecule has 1 saturated heterocycles. The maximum atomic E-state index is 13.3. The predicted molar refractivity (Wildman–Crippen MR) is 154 cm³/mol. The SMILES string of the molecule is COc1cc(C(=O)NCCN2CCCCC2)ccc1Oc1ccc(Cl)cc1NS(=O)(=O)c1ccc(Cl)c(C(F)(F)F)c1. The number of rotatable bonds is 10. The van der Waals surface area contributed by atoms with E-state index < -0.39 is 31.7 Å². The maximum Gasteiger partial charge on any atom is 0.417 e. The van der Waals surface area contributed by atoms with E-state index in [1.54, 1.807) is 0 Å². The van der Waals surface area contributed by atoms with E-state index in [4.69, 9.17) is 32.7 Å². The number of nitrogens with zero attached hydrogens (tertiary/aromatic N) is 1. The van der Waals surface area contributed by atoms with E-state index in [0.717, 1.165) is 44.6 Å². The van der Waals surface area contributed by atoms with Crippen LogP contribution in [0.3, 0.4) is 0 Å². The lowest BCUT2D eigenvalue weighted by Crippen LogP contribution is -2.37. The Balaban J connectivity index is 1.52. The van der Waals surface area contributed by atoms with E-state index in [1.807, 2.05) is 0 Å². The summed E-state index contributed by atoms with van der Waals surface area (Å²) < 4.78 is 79.6. The Labute approximate surface area is 251 Å². The van der Waals surface area contributed by atoms with Gasteiger partial charge in [0.2, 0.25) is 0 Å². The van der Waals surface area contributed by atoms with Crippen molar-refractivity contribution in [2.45, 2.75) is 30.3 Å². The highest BCUT2D eigenvalue weighted by Gasteiger charge is 2.34. The molecule has 0 aliphatic carbocycles. The van der Waals surface area contributed by atoms with Crippen molar-refractivity contribution in [3.63, 3.8) is 0 Å². The molecule has 4 rings (SSSR count). The number of hydrogen-bond donors (Lipinski definition) is 2. The molecular weight excluding hydrogens is 618 g/mol. The number of amides is 1. The van der Waals surface area contributed by atoms with Gasteiger partial charge < -0.3 is 19.7 Å². The summed E-state index contributed by atoms with van der Waals surface area (Å²) in [5.41, 5.74) is -1.11. The highest BCUT2D eigenvalue weighted by atomic mass is 35.5. The molecule has 0 aromatic heterocycles. The Kier molecular flexibility index (Phi) is 10.1. The van der Waals surface area contributed by atoms with Crippen molar-refractivity contribution in [3.05, 3.63) is 75.8 Å². The number of hydrogen-bond acceptors (Lipinski definition) is 6. The summed E-state index contributed by atoms with van der Waals surface area (Å²) in [5, 5.41) is 2.39. The first-order chi connectivity index (χ1) is 19.9. The number of alkyl halides is 3. The zero-order valence-electron chi connectivity index (χ0n) is 22.4. The second kappa shape index (κ2) is 13.4. The molecule has 3 aromatic rings. The Hall–Kier alpha value is -3.19.